The summed E-state index contributed by atoms with van der Waals surface area (Å²) in [5.41, 5.74) is 1.13. The number of halogens is 1. The maximum atomic E-state index is 11.8. The third kappa shape index (κ3) is 5.09. The predicted molar refractivity (Wildman–Crippen MR) is 94.3 cm³/mol. The van der Waals surface area contributed by atoms with Crippen LogP contribution in [-0.2, 0) is 16.6 Å². The number of benzene rings is 1. The summed E-state index contributed by atoms with van der Waals surface area (Å²) in [7, 11) is 0.619. The molecule has 0 radical (unpaired) electrons. The monoisotopic (exact) mass is 358 g/mol. The van der Waals surface area contributed by atoms with Gasteiger partial charge >= 0.3 is 0 Å². The van der Waals surface area contributed by atoms with Crippen LogP contribution in [0.5, 0.6) is 0 Å². The summed E-state index contributed by atoms with van der Waals surface area (Å²) < 4.78 is 25.0. The Balaban J connectivity index is 1.83. The second-order valence-corrected chi connectivity index (χ2v) is 8.05. The van der Waals surface area contributed by atoms with Crippen molar-refractivity contribution < 1.29 is 8.42 Å². The van der Waals surface area contributed by atoms with Crippen LogP contribution in [0.1, 0.15) is 12.0 Å². The molecule has 0 amide bonds. The van der Waals surface area contributed by atoms with Crippen LogP contribution in [0, 0.1) is 0 Å². The SMILES string of the molecule is CN=C(NCCN1CCCS1(=O)=O)N(C)Cc1ccc(Cl)cc1. The lowest BCUT2D eigenvalue weighted by Crippen LogP contribution is -2.42. The van der Waals surface area contributed by atoms with Gasteiger partial charge in [-0.05, 0) is 24.1 Å². The summed E-state index contributed by atoms with van der Waals surface area (Å²) in [6.45, 7) is 2.31. The van der Waals surface area contributed by atoms with Crippen LogP contribution < -0.4 is 5.32 Å². The minimum absolute atomic E-state index is 0.262. The van der Waals surface area contributed by atoms with Gasteiger partial charge < -0.3 is 10.2 Å². The Morgan fingerprint density at radius 2 is 2.09 bits per heavy atom. The van der Waals surface area contributed by atoms with E-state index in [4.69, 9.17) is 11.6 Å². The first kappa shape index (κ1) is 18.0. The van der Waals surface area contributed by atoms with E-state index >= 15 is 0 Å². The molecule has 1 fully saturated rings. The molecule has 0 aliphatic carbocycles. The Morgan fingerprint density at radius 3 is 2.65 bits per heavy atom. The van der Waals surface area contributed by atoms with Crippen molar-refractivity contribution in [2.75, 3.05) is 39.5 Å². The molecule has 0 atom stereocenters. The fourth-order valence-electron chi connectivity index (χ4n) is 2.56. The van der Waals surface area contributed by atoms with Crippen LogP contribution >= 0.6 is 11.6 Å². The number of guanidine groups is 1. The molecule has 1 aliphatic heterocycles. The van der Waals surface area contributed by atoms with E-state index < -0.39 is 10.0 Å². The number of nitrogens with zero attached hydrogens (tertiary/aromatic N) is 3. The van der Waals surface area contributed by atoms with Crippen LogP contribution in [-0.4, -0.2) is 63.1 Å². The molecule has 0 bridgehead atoms. The van der Waals surface area contributed by atoms with Gasteiger partial charge in [-0.2, -0.15) is 0 Å². The number of hydrogen-bond acceptors (Lipinski definition) is 3. The molecular formula is C15H23ClN4O2S. The van der Waals surface area contributed by atoms with Gasteiger partial charge in [0.25, 0.3) is 0 Å². The van der Waals surface area contributed by atoms with Crippen molar-refractivity contribution in [3.8, 4) is 0 Å². The maximum Gasteiger partial charge on any atom is 0.214 e. The van der Waals surface area contributed by atoms with Gasteiger partial charge in [-0.25, -0.2) is 12.7 Å². The van der Waals surface area contributed by atoms with E-state index in [1.807, 2.05) is 36.2 Å². The van der Waals surface area contributed by atoms with Gasteiger partial charge in [0, 0.05) is 45.3 Å². The standard InChI is InChI=1S/C15H23ClN4O2S/c1-17-15(18-8-10-20-9-3-11-23(20,21)22)19(2)12-13-4-6-14(16)7-5-13/h4-7H,3,8-12H2,1-2H3,(H,17,18). The number of rotatable bonds is 5. The summed E-state index contributed by atoms with van der Waals surface area (Å²) in [4.78, 5) is 6.23. The highest BCUT2D eigenvalue weighted by Gasteiger charge is 2.27. The van der Waals surface area contributed by atoms with Gasteiger partial charge in [-0.15, -0.1) is 0 Å². The first-order valence-electron chi connectivity index (χ1n) is 7.56. The molecule has 8 heteroatoms. The van der Waals surface area contributed by atoms with E-state index in [1.165, 1.54) is 4.31 Å². The average Bonchev–Trinajstić information content (AvgIpc) is 2.84. The summed E-state index contributed by atoms with van der Waals surface area (Å²) in [6, 6.07) is 7.67. The molecule has 1 aromatic rings. The number of nitrogens with one attached hydrogen (secondary N) is 1. The smallest absolute Gasteiger partial charge is 0.214 e. The quantitative estimate of drug-likeness (QED) is 0.638. The topological polar surface area (TPSA) is 65.0 Å². The molecule has 1 N–H and O–H groups in total. The lowest BCUT2D eigenvalue weighted by atomic mass is 10.2. The summed E-state index contributed by atoms with van der Waals surface area (Å²) in [5.74, 6) is 0.995. The van der Waals surface area contributed by atoms with Gasteiger partial charge in [0.1, 0.15) is 0 Å². The fraction of sp³-hybridized carbons (Fsp3) is 0.533. The average molecular weight is 359 g/mol. The van der Waals surface area contributed by atoms with Crippen LogP contribution in [0.2, 0.25) is 5.02 Å². The van der Waals surface area contributed by atoms with Crippen LogP contribution in [0.25, 0.3) is 0 Å². The molecule has 6 nitrogen and oxygen atoms in total. The molecule has 0 saturated carbocycles. The minimum Gasteiger partial charge on any atom is -0.355 e. The minimum atomic E-state index is -3.04. The largest absolute Gasteiger partial charge is 0.355 e. The van der Waals surface area contributed by atoms with Gasteiger partial charge in [-0.1, -0.05) is 23.7 Å². The second kappa shape index (κ2) is 7.99. The Kier molecular flexibility index (Phi) is 6.26. The van der Waals surface area contributed by atoms with Gasteiger partial charge in [0.15, 0.2) is 5.96 Å². The highest BCUT2D eigenvalue weighted by molar-refractivity contribution is 7.89. The number of hydrogen-bond donors (Lipinski definition) is 1. The molecule has 0 unspecified atom stereocenters. The molecule has 0 aromatic heterocycles. The zero-order valence-electron chi connectivity index (χ0n) is 13.5. The Bertz CT molecular complexity index is 646. The first-order valence-corrected chi connectivity index (χ1v) is 9.55. The van der Waals surface area contributed by atoms with E-state index in [9.17, 15) is 8.42 Å². The molecule has 23 heavy (non-hydrogen) atoms. The fourth-order valence-corrected chi connectivity index (χ4v) is 4.21. The Labute approximate surface area is 143 Å². The molecule has 1 saturated heterocycles. The van der Waals surface area contributed by atoms with Crippen LogP contribution in [0.3, 0.4) is 0 Å². The molecule has 1 aromatic carbocycles. The second-order valence-electron chi connectivity index (χ2n) is 5.53. The summed E-state index contributed by atoms with van der Waals surface area (Å²) in [6.07, 6.45) is 0.716. The lowest BCUT2D eigenvalue weighted by molar-refractivity contribution is 0.432. The van der Waals surface area contributed by atoms with Crippen molar-refractivity contribution in [2.24, 2.45) is 4.99 Å². The van der Waals surface area contributed by atoms with Crippen LogP contribution in [0.15, 0.2) is 29.3 Å². The van der Waals surface area contributed by atoms with E-state index in [0.717, 1.165) is 11.5 Å². The molecule has 1 aliphatic rings. The van der Waals surface area contributed by atoms with Crippen molar-refractivity contribution in [3.63, 3.8) is 0 Å². The van der Waals surface area contributed by atoms with Crippen molar-refractivity contribution in [1.82, 2.24) is 14.5 Å². The van der Waals surface area contributed by atoms with Crippen molar-refractivity contribution in [3.05, 3.63) is 34.9 Å². The molecule has 2 rings (SSSR count). The Hall–Kier alpha value is -1.31. The third-order valence-electron chi connectivity index (χ3n) is 3.75. The van der Waals surface area contributed by atoms with E-state index in [0.29, 0.717) is 37.6 Å². The van der Waals surface area contributed by atoms with Crippen LogP contribution in [0.4, 0.5) is 0 Å². The first-order chi connectivity index (χ1) is 10.9. The molecular weight excluding hydrogens is 336 g/mol. The zero-order chi connectivity index (χ0) is 16.9. The van der Waals surface area contributed by atoms with Crippen molar-refractivity contribution in [1.29, 1.82) is 0 Å². The van der Waals surface area contributed by atoms with Gasteiger partial charge in [0.2, 0.25) is 10.0 Å². The van der Waals surface area contributed by atoms with E-state index in [1.54, 1.807) is 7.05 Å². The van der Waals surface area contributed by atoms with Gasteiger partial charge in [-0.3, -0.25) is 4.99 Å². The highest BCUT2D eigenvalue weighted by atomic mass is 35.5. The highest BCUT2D eigenvalue weighted by Crippen LogP contribution is 2.12. The van der Waals surface area contributed by atoms with E-state index in [-0.39, 0.29) is 5.75 Å². The van der Waals surface area contributed by atoms with Crippen molar-refractivity contribution in [2.45, 2.75) is 13.0 Å². The lowest BCUT2D eigenvalue weighted by Gasteiger charge is -2.23. The van der Waals surface area contributed by atoms with Crippen molar-refractivity contribution >= 4 is 27.6 Å². The molecule has 128 valence electrons. The zero-order valence-corrected chi connectivity index (χ0v) is 15.1. The third-order valence-corrected chi connectivity index (χ3v) is 5.96. The van der Waals surface area contributed by atoms with E-state index in [2.05, 4.69) is 10.3 Å². The Morgan fingerprint density at radius 1 is 1.39 bits per heavy atom. The van der Waals surface area contributed by atoms with Gasteiger partial charge in [0.05, 0.1) is 5.75 Å². The normalized spacial score (nSPS) is 18.1. The number of sulfonamides is 1. The number of aliphatic imine (C=N–C) groups is 1. The summed E-state index contributed by atoms with van der Waals surface area (Å²) in [5, 5.41) is 3.92. The maximum absolute atomic E-state index is 11.8. The summed E-state index contributed by atoms with van der Waals surface area (Å²) >= 11 is 5.89. The molecule has 1 heterocycles. The molecule has 0 spiro atoms. The predicted octanol–water partition coefficient (Wildman–Crippen LogP) is 1.38.